The molecule has 0 rings (SSSR count). The SMILES string of the molecule is CC(C(=O)NC(N)=O)C(C)(F)F. The van der Waals surface area contributed by atoms with Crippen molar-refractivity contribution in [1.82, 2.24) is 5.32 Å². The Bertz CT molecular complexity index is 200. The van der Waals surface area contributed by atoms with E-state index < -0.39 is 23.8 Å². The van der Waals surface area contributed by atoms with E-state index in [-0.39, 0.29) is 0 Å². The third-order valence-corrected chi connectivity index (χ3v) is 1.40. The lowest BCUT2D eigenvalue weighted by atomic mass is 10.1. The summed E-state index contributed by atoms with van der Waals surface area (Å²) < 4.78 is 24.8. The Kier molecular flexibility index (Phi) is 3.12. The lowest BCUT2D eigenvalue weighted by Crippen LogP contribution is -2.43. The molecule has 0 aliphatic carbocycles. The van der Waals surface area contributed by atoms with Crippen LogP contribution in [0.15, 0.2) is 0 Å². The van der Waals surface area contributed by atoms with Gasteiger partial charge >= 0.3 is 6.03 Å². The first-order chi connectivity index (χ1) is 5.25. The molecule has 0 saturated heterocycles. The summed E-state index contributed by atoms with van der Waals surface area (Å²) in [6, 6.07) is -1.13. The number of rotatable bonds is 2. The fourth-order valence-corrected chi connectivity index (χ4v) is 0.460. The molecule has 0 aromatic heterocycles. The molecular formula is C6H10F2N2O2. The smallest absolute Gasteiger partial charge is 0.318 e. The molecule has 0 bridgehead atoms. The molecule has 0 aromatic carbocycles. The Balaban J connectivity index is 4.21. The minimum Gasteiger partial charge on any atom is -0.351 e. The molecule has 3 N–H and O–H groups in total. The fraction of sp³-hybridized carbons (Fsp3) is 0.667. The van der Waals surface area contributed by atoms with Crippen LogP contribution < -0.4 is 11.1 Å². The average Bonchev–Trinajstić information content (AvgIpc) is 1.82. The molecule has 3 amide bonds. The molecule has 0 spiro atoms. The zero-order valence-corrected chi connectivity index (χ0v) is 6.73. The van der Waals surface area contributed by atoms with Crippen LogP contribution in [0, 0.1) is 5.92 Å². The second-order valence-electron chi connectivity index (χ2n) is 2.53. The van der Waals surface area contributed by atoms with Crippen LogP contribution in [0.4, 0.5) is 13.6 Å². The van der Waals surface area contributed by atoms with Gasteiger partial charge in [0.2, 0.25) is 5.91 Å². The lowest BCUT2D eigenvalue weighted by molar-refractivity contribution is -0.134. The van der Waals surface area contributed by atoms with E-state index in [0.29, 0.717) is 6.92 Å². The van der Waals surface area contributed by atoms with Gasteiger partial charge in [0.1, 0.15) is 0 Å². The van der Waals surface area contributed by atoms with Gasteiger partial charge in [-0.1, -0.05) is 0 Å². The minimum absolute atomic E-state index is 0.595. The van der Waals surface area contributed by atoms with E-state index >= 15 is 0 Å². The first kappa shape index (κ1) is 10.8. The molecule has 4 nitrogen and oxygen atoms in total. The highest BCUT2D eigenvalue weighted by molar-refractivity contribution is 5.94. The van der Waals surface area contributed by atoms with E-state index in [2.05, 4.69) is 5.73 Å². The van der Waals surface area contributed by atoms with Crippen LogP contribution in [0.1, 0.15) is 13.8 Å². The number of hydrogen-bond donors (Lipinski definition) is 2. The van der Waals surface area contributed by atoms with Gasteiger partial charge in [-0.15, -0.1) is 0 Å². The summed E-state index contributed by atoms with van der Waals surface area (Å²) in [4.78, 5) is 20.8. The maximum absolute atomic E-state index is 12.4. The third kappa shape index (κ3) is 3.27. The van der Waals surface area contributed by atoms with Gasteiger partial charge in [-0.3, -0.25) is 10.1 Å². The highest BCUT2D eigenvalue weighted by Crippen LogP contribution is 2.22. The number of urea groups is 1. The van der Waals surface area contributed by atoms with E-state index in [9.17, 15) is 18.4 Å². The van der Waals surface area contributed by atoms with Gasteiger partial charge in [0.25, 0.3) is 5.92 Å². The standard InChI is InChI=1S/C6H10F2N2O2/c1-3(6(2,7)8)4(11)10-5(9)12/h3H,1-2H3,(H3,9,10,11,12). The number of nitrogens with one attached hydrogen (secondary N) is 1. The van der Waals surface area contributed by atoms with Crippen molar-refractivity contribution in [3.63, 3.8) is 0 Å². The van der Waals surface area contributed by atoms with Crippen molar-refractivity contribution in [2.45, 2.75) is 19.8 Å². The minimum atomic E-state index is -3.15. The normalized spacial score (nSPS) is 13.7. The highest BCUT2D eigenvalue weighted by atomic mass is 19.3. The molecule has 0 aliphatic rings. The van der Waals surface area contributed by atoms with E-state index in [1.807, 2.05) is 0 Å². The Morgan fingerprint density at radius 3 is 2.17 bits per heavy atom. The van der Waals surface area contributed by atoms with Gasteiger partial charge in [0.15, 0.2) is 0 Å². The van der Waals surface area contributed by atoms with Crippen LogP contribution in [-0.4, -0.2) is 17.9 Å². The third-order valence-electron chi connectivity index (χ3n) is 1.40. The summed E-state index contributed by atoms with van der Waals surface area (Å²) in [7, 11) is 0. The van der Waals surface area contributed by atoms with Gasteiger partial charge in [0.05, 0.1) is 5.92 Å². The maximum atomic E-state index is 12.4. The van der Waals surface area contributed by atoms with Gasteiger partial charge in [0, 0.05) is 6.92 Å². The van der Waals surface area contributed by atoms with Crippen molar-refractivity contribution < 1.29 is 18.4 Å². The number of halogens is 2. The fourth-order valence-electron chi connectivity index (χ4n) is 0.460. The number of alkyl halides is 2. The number of carbonyl (C=O) groups excluding carboxylic acids is 2. The van der Waals surface area contributed by atoms with Crippen LogP contribution >= 0.6 is 0 Å². The molecule has 0 heterocycles. The van der Waals surface area contributed by atoms with Crippen LogP contribution in [0.3, 0.4) is 0 Å². The molecule has 1 atom stereocenters. The van der Waals surface area contributed by atoms with Crippen molar-refractivity contribution in [2.24, 2.45) is 11.7 Å². The number of hydrogen-bond acceptors (Lipinski definition) is 2. The predicted molar refractivity (Wildman–Crippen MR) is 37.5 cm³/mol. The van der Waals surface area contributed by atoms with Gasteiger partial charge in [-0.2, -0.15) is 0 Å². The van der Waals surface area contributed by atoms with Crippen LogP contribution in [0.5, 0.6) is 0 Å². The predicted octanol–water partition coefficient (Wildman–Crippen LogP) is 0.473. The quantitative estimate of drug-likeness (QED) is 0.648. The zero-order valence-electron chi connectivity index (χ0n) is 6.73. The Morgan fingerprint density at radius 2 is 1.92 bits per heavy atom. The van der Waals surface area contributed by atoms with Crippen molar-refractivity contribution in [1.29, 1.82) is 0 Å². The molecule has 6 heteroatoms. The molecule has 12 heavy (non-hydrogen) atoms. The second-order valence-corrected chi connectivity index (χ2v) is 2.53. The molecular weight excluding hydrogens is 170 g/mol. The summed E-state index contributed by atoms with van der Waals surface area (Å²) in [6.07, 6.45) is 0. The molecule has 0 saturated carbocycles. The number of nitrogens with two attached hydrogens (primary N) is 1. The zero-order chi connectivity index (χ0) is 9.94. The van der Waals surface area contributed by atoms with E-state index in [4.69, 9.17) is 0 Å². The Hall–Kier alpha value is -1.20. The van der Waals surface area contributed by atoms with E-state index in [1.165, 1.54) is 0 Å². The molecule has 0 fully saturated rings. The summed E-state index contributed by atoms with van der Waals surface area (Å²) in [5.74, 6) is -5.79. The first-order valence-electron chi connectivity index (χ1n) is 3.23. The number of imide groups is 1. The van der Waals surface area contributed by atoms with E-state index in [1.54, 1.807) is 5.32 Å². The molecule has 0 aliphatic heterocycles. The highest BCUT2D eigenvalue weighted by Gasteiger charge is 2.36. The van der Waals surface area contributed by atoms with Gasteiger partial charge in [-0.05, 0) is 6.92 Å². The van der Waals surface area contributed by atoms with Crippen LogP contribution in [0.25, 0.3) is 0 Å². The Morgan fingerprint density at radius 1 is 1.50 bits per heavy atom. The van der Waals surface area contributed by atoms with Crippen molar-refractivity contribution in [3.05, 3.63) is 0 Å². The largest absolute Gasteiger partial charge is 0.351 e. The van der Waals surface area contributed by atoms with Gasteiger partial charge < -0.3 is 5.73 Å². The topological polar surface area (TPSA) is 72.2 Å². The first-order valence-corrected chi connectivity index (χ1v) is 3.23. The second kappa shape index (κ2) is 3.46. The molecule has 1 unspecified atom stereocenters. The van der Waals surface area contributed by atoms with E-state index in [0.717, 1.165) is 6.92 Å². The molecule has 0 radical (unpaired) electrons. The van der Waals surface area contributed by atoms with Crippen molar-refractivity contribution >= 4 is 11.9 Å². The molecule has 0 aromatic rings. The summed E-state index contributed by atoms with van der Waals surface area (Å²) in [6.45, 7) is 1.61. The van der Waals surface area contributed by atoms with Crippen molar-refractivity contribution in [2.75, 3.05) is 0 Å². The van der Waals surface area contributed by atoms with Crippen LogP contribution in [0.2, 0.25) is 0 Å². The summed E-state index contributed by atoms with van der Waals surface area (Å²) in [5.41, 5.74) is 4.56. The monoisotopic (exact) mass is 180 g/mol. The number of amides is 3. The number of carbonyl (C=O) groups is 2. The summed E-state index contributed by atoms with van der Waals surface area (Å²) in [5, 5.41) is 1.57. The lowest BCUT2D eigenvalue weighted by Gasteiger charge is -2.17. The molecule has 70 valence electrons. The summed E-state index contributed by atoms with van der Waals surface area (Å²) >= 11 is 0. The van der Waals surface area contributed by atoms with Gasteiger partial charge in [-0.25, -0.2) is 13.6 Å². The van der Waals surface area contributed by atoms with Crippen LogP contribution in [-0.2, 0) is 4.79 Å². The van der Waals surface area contributed by atoms with Crippen molar-refractivity contribution in [3.8, 4) is 0 Å². The Labute approximate surface area is 68.1 Å². The maximum Gasteiger partial charge on any atom is 0.318 e. The average molecular weight is 180 g/mol. The number of primary amides is 1.